The summed E-state index contributed by atoms with van der Waals surface area (Å²) in [6, 6.07) is 2.59. The van der Waals surface area contributed by atoms with Crippen LogP contribution in [0, 0.1) is 0 Å². The van der Waals surface area contributed by atoms with Gasteiger partial charge in [-0.2, -0.15) is 0 Å². The smallest absolute Gasteiger partial charge is 0.0306 e. The van der Waals surface area contributed by atoms with Gasteiger partial charge in [0.2, 0.25) is 0 Å². The maximum absolute atomic E-state index is 3.47. The van der Waals surface area contributed by atoms with E-state index in [2.05, 4.69) is 30.2 Å². The van der Waals surface area contributed by atoms with Crippen molar-refractivity contribution in [2.45, 2.75) is 32.7 Å². The van der Waals surface area contributed by atoms with Gasteiger partial charge in [-0.15, -0.1) is 0 Å². The molecule has 2 heteroatoms. The first-order valence-electron chi connectivity index (χ1n) is 4.70. The van der Waals surface area contributed by atoms with Crippen molar-refractivity contribution >= 4 is 0 Å². The fraction of sp³-hybridized carbons (Fsp3) is 0.600. The summed E-state index contributed by atoms with van der Waals surface area (Å²) in [5.41, 5.74) is 1.34. The zero-order valence-corrected chi connectivity index (χ0v) is 7.93. The van der Waals surface area contributed by atoms with Crippen LogP contribution in [-0.2, 0) is 0 Å². The van der Waals surface area contributed by atoms with Crippen molar-refractivity contribution in [3.63, 3.8) is 0 Å². The van der Waals surface area contributed by atoms with E-state index in [4.69, 9.17) is 0 Å². The molecule has 68 valence electrons. The number of nitrogens with one attached hydrogen (secondary N) is 2. The Morgan fingerprint density at radius 3 is 3.00 bits per heavy atom. The van der Waals surface area contributed by atoms with Crippen molar-refractivity contribution in [2.75, 3.05) is 6.54 Å². The molecule has 0 aliphatic carbocycles. The highest BCUT2D eigenvalue weighted by Gasteiger charge is 2.02. The molecule has 0 aliphatic rings. The third-order valence-electron chi connectivity index (χ3n) is 2.10. The summed E-state index contributed by atoms with van der Waals surface area (Å²) >= 11 is 0. The third-order valence-corrected chi connectivity index (χ3v) is 2.10. The highest BCUT2D eigenvalue weighted by molar-refractivity contribution is 5.12. The zero-order valence-electron chi connectivity index (χ0n) is 7.93. The van der Waals surface area contributed by atoms with Crippen molar-refractivity contribution < 1.29 is 0 Å². The standard InChI is InChI=1S/C10H18N2/c1-3-4-6-12-9(2)10-5-7-11-8-10/h5,7-9,11-12H,3-4,6H2,1-2H3/t9-/m0/s1. The molecule has 0 spiro atoms. The van der Waals surface area contributed by atoms with E-state index in [9.17, 15) is 0 Å². The molecule has 1 heterocycles. The minimum Gasteiger partial charge on any atom is -0.367 e. The van der Waals surface area contributed by atoms with Crippen molar-refractivity contribution in [3.05, 3.63) is 24.0 Å². The average molecular weight is 166 g/mol. The molecule has 0 amide bonds. The normalized spacial score (nSPS) is 13.2. The Bertz CT molecular complexity index is 192. The highest BCUT2D eigenvalue weighted by Crippen LogP contribution is 2.09. The molecular formula is C10H18N2. The second-order valence-corrected chi connectivity index (χ2v) is 3.17. The summed E-state index contributed by atoms with van der Waals surface area (Å²) in [6.45, 7) is 5.52. The van der Waals surface area contributed by atoms with Crippen molar-refractivity contribution in [2.24, 2.45) is 0 Å². The maximum atomic E-state index is 3.47. The highest BCUT2D eigenvalue weighted by atomic mass is 14.9. The van der Waals surface area contributed by atoms with Crippen LogP contribution in [0.5, 0.6) is 0 Å². The van der Waals surface area contributed by atoms with E-state index in [1.165, 1.54) is 18.4 Å². The van der Waals surface area contributed by atoms with Crippen LogP contribution in [-0.4, -0.2) is 11.5 Å². The number of aromatic amines is 1. The van der Waals surface area contributed by atoms with Crippen LogP contribution < -0.4 is 5.32 Å². The molecule has 0 aliphatic heterocycles. The molecule has 1 aromatic heterocycles. The van der Waals surface area contributed by atoms with Gasteiger partial charge in [0.1, 0.15) is 0 Å². The van der Waals surface area contributed by atoms with Gasteiger partial charge in [0, 0.05) is 18.4 Å². The van der Waals surface area contributed by atoms with Gasteiger partial charge in [0.25, 0.3) is 0 Å². The SMILES string of the molecule is CCCCN[C@@H](C)c1cc[nH]c1. The molecule has 0 bridgehead atoms. The number of unbranched alkanes of at least 4 members (excludes halogenated alkanes) is 1. The van der Waals surface area contributed by atoms with Crippen molar-refractivity contribution in [1.29, 1.82) is 0 Å². The molecule has 2 nitrogen and oxygen atoms in total. The van der Waals surface area contributed by atoms with Crippen LogP contribution in [0.15, 0.2) is 18.5 Å². The molecule has 1 rings (SSSR count). The average Bonchev–Trinajstić information content (AvgIpc) is 2.56. The van der Waals surface area contributed by atoms with Gasteiger partial charge in [-0.3, -0.25) is 0 Å². The molecule has 1 aromatic rings. The summed E-state index contributed by atoms with van der Waals surface area (Å²) < 4.78 is 0. The Morgan fingerprint density at radius 1 is 1.58 bits per heavy atom. The number of hydrogen-bond donors (Lipinski definition) is 2. The Labute approximate surface area is 74.4 Å². The minimum atomic E-state index is 0.475. The second kappa shape index (κ2) is 4.99. The van der Waals surface area contributed by atoms with Gasteiger partial charge in [0.15, 0.2) is 0 Å². The van der Waals surface area contributed by atoms with Crippen LogP contribution in [0.1, 0.15) is 38.3 Å². The van der Waals surface area contributed by atoms with E-state index in [-0.39, 0.29) is 0 Å². The van der Waals surface area contributed by atoms with Crippen LogP contribution >= 0.6 is 0 Å². The molecule has 1 atom stereocenters. The van der Waals surface area contributed by atoms with Crippen LogP contribution in [0.3, 0.4) is 0 Å². The Morgan fingerprint density at radius 2 is 2.42 bits per heavy atom. The number of aromatic nitrogens is 1. The predicted octanol–water partition coefficient (Wildman–Crippen LogP) is 2.47. The monoisotopic (exact) mass is 166 g/mol. The molecule has 0 aromatic carbocycles. The van der Waals surface area contributed by atoms with Gasteiger partial charge in [-0.05, 0) is 31.5 Å². The molecule has 0 unspecified atom stereocenters. The molecule has 0 radical (unpaired) electrons. The molecule has 0 saturated carbocycles. The molecule has 2 N–H and O–H groups in total. The minimum absolute atomic E-state index is 0.475. The largest absolute Gasteiger partial charge is 0.367 e. The van der Waals surface area contributed by atoms with E-state index in [1.54, 1.807) is 0 Å². The Hall–Kier alpha value is -0.760. The van der Waals surface area contributed by atoms with Gasteiger partial charge < -0.3 is 10.3 Å². The van der Waals surface area contributed by atoms with E-state index in [0.717, 1.165) is 6.54 Å². The van der Waals surface area contributed by atoms with Crippen molar-refractivity contribution in [1.82, 2.24) is 10.3 Å². The van der Waals surface area contributed by atoms with Crippen LogP contribution in [0.25, 0.3) is 0 Å². The van der Waals surface area contributed by atoms with Crippen molar-refractivity contribution in [3.8, 4) is 0 Å². The lowest BCUT2D eigenvalue weighted by Gasteiger charge is -2.11. The predicted molar refractivity (Wildman–Crippen MR) is 52.1 cm³/mol. The Balaban J connectivity index is 2.25. The second-order valence-electron chi connectivity index (χ2n) is 3.17. The van der Waals surface area contributed by atoms with Gasteiger partial charge in [-0.1, -0.05) is 13.3 Å². The van der Waals surface area contributed by atoms with E-state index in [0.29, 0.717) is 6.04 Å². The lowest BCUT2D eigenvalue weighted by molar-refractivity contribution is 0.555. The number of hydrogen-bond acceptors (Lipinski definition) is 1. The van der Waals surface area contributed by atoms with Gasteiger partial charge >= 0.3 is 0 Å². The first kappa shape index (κ1) is 9.33. The van der Waals surface area contributed by atoms with Crippen LogP contribution in [0.2, 0.25) is 0 Å². The summed E-state index contributed by atoms with van der Waals surface area (Å²) in [5.74, 6) is 0. The molecule has 0 fully saturated rings. The summed E-state index contributed by atoms with van der Waals surface area (Å²) in [7, 11) is 0. The zero-order chi connectivity index (χ0) is 8.81. The molecule has 0 saturated heterocycles. The first-order valence-corrected chi connectivity index (χ1v) is 4.70. The van der Waals surface area contributed by atoms with Gasteiger partial charge in [-0.25, -0.2) is 0 Å². The number of rotatable bonds is 5. The topological polar surface area (TPSA) is 27.8 Å². The molecule has 12 heavy (non-hydrogen) atoms. The van der Waals surface area contributed by atoms with E-state index >= 15 is 0 Å². The fourth-order valence-electron chi connectivity index (χ4n) is 1.22. The molecular weight excluding hydrogens is 148 g/mol. The number of H-pyrrole nitrogens is 1. The summed E-state index contributed by atoms with van der Waals surface area (Å²) in [4.78, 5) is 3.06. The third kappa shape index (κ3) is 2.70. The first-order chi connectivity index (χ1) is 5.84. The lowest BCUT2D eigenvalue weighted by atomic mass is 10.2. The van der Waals surface area contributed by atoms with E-state index in [1.807, 2.05) is 12.4 Å². The van der Waals surface area contributed by atoms with E-state index < -0.39 is 0 Å². The van der Waals surface area contributed by atoms with Crippen LogP contribution in [0.4, 0.5) is 0 Å². The van der Waals surface area contributed by atoms with Gasteiger partial charge in [0.05, 0.1) is 0 Å². The quantitative estimate of drug-likeness (QED) is 0.646. The maximum Gasteiger partial charge on any atom is 0.0306 e. The fourth-order valence-corrected chi connectivity index (χ4v) is 1.22. The Kier molecular flexibility index (Phi) is 3.88. The summed E-state index contributed by atoms with van der Waals surface area (Å²) in [6.07, 6.45) is 6.53. The summed E-state index contributed by atoms with van der Waals surface area (Å²) in [5, 5.41) is 3.47. The lowest BCUT2D eigenvalue weighted by Crippen LogP contribution is -2.19.